The lowest BCUT2D eigenvalue weighted by Crippen LogP contribution is -2.03. The summed E-state index contributed by atoms with van der Waals surface area (Å²) in [6, 6.07) is 12.8. The van der Waals surface area contributed by atoms with Crippen LogP contribution in [0.1, 0.15) is 11.1 Å². The number of aromatic nitrogens is 1. The number of hydrogen-bond donors (Lipinski definition) is 1. The lowest BCUT2D eigenvalue weighted by atomic mass is 10.2. The molecule has 2 aromatic carbocycles. The number of para-hydroxylation sites is 1. The Morgan fingerprint density at radius 2 is 1.70 bits per heavy atom. The van der Waals surface area contributed by atoms with E-state index >= 15 is 0 Å². The van der Waals surface area contributed by atoms with Crippen molar-refractivity contribution in [2.24, 2.45) is 0 Å². The molecule has 0 radical (unpaired) electrons. The second kappa shape index (κ2) is 4.49. The molecule has 3 nitrogen and oxygen atoms in total. The maximum atomic E-state index is 12.8. The van der Waals surface area contributed by atoms with Crippen LogP contribution in [-0.4, -0.2) is 13.4 Å². The summed E-state index contributed by atoms with van der Waals surface area (Å²) in [5.41, 5.74) is 2.66. The van der Waals surface area contributed by atoms with Crippen LogP contribution in [0.3, 0.4) is 0 Å². The highest BCUT2D eigenvalue weighted by Crippen LogP contribution is 2.30. The molecule has 0 unspecified atom stereocenters. The molecule has 20 heavy (non-hydrogen) atoms. The van der Waals surface area contributed by atoms with Crippen molar-refractivity contribution in [3.63, 3.8) is 0 Å². The lowest BCUT2D eigenvalue weighted by molar-refractivity contribution is 0.596. The van der Waals surface area contributed by atoms with Gasteiger partial charge in [-0.15, -0.1) is 0 Å². The number of H-pyrrole nitrogens is 1. The van der Waals surface area contributed by atoms with E-state index in [1.54, 1.807) is 12.3 Å². The van der Waals surface area contributed by atoms with E-state index < -0.39 is 9.84 Å². The first-order valence-electron chi connectivity index (χ1n) is 6.38. The first-order chi connectivity index (χ1) is 9.50. The molecule has 0 saturated carbocycles. The Bertz CT molecular complexity index is 892. The molecule has 1 N–H and O–H groups in total. The third-order valence-electron chi connectivity index (χ3n) is 3.46. The van der Waals surface area contributed by atoms with Crippen LogP contribution in [0.15, 0.2) is 58.5 Å². The average molecular weight is 285 g/mol. The Kier molecular flexibility index (Phi) is 2.91. The number of benzene rings is 2. The molecule has 0 amide bonds. The molecule has 0 atom stereocenters. The Morgan fingerprint density at radius 3 is 2.45 bits per heavy atom. The van der Waals surface area contributed by atoms with Crippen molar-refractivity contribution in [2.45, 2.75) is 23.6 Å². The van der Waals surface area contributed by atoms with Gasteiger partial charge in [0.15, 0.2) is 0 Å². The zero-order chi connectivity index (χ0) is 14.3. The van der Waals surface area contributed by atoms with Crippen molar-refractivity contribution in [3.8, 4) is 0 Å². The number of fused-ring (bicyclic) bond motifs is 1. The summed E-state index contributed by atoms with van der Waals surface area (Å²) in [4.78, 5) is 3.72. The van der Waals surface area contributed by atoms with Crippen LogP contribution in [0.4, 0.5) is 0 Å². The second-order valence-corrected chi connectivity index (χ2v) is 6.86. The van der Waals surface area contributed by atoms with Gasteiger partial charge in [0.1, 0.15) is 0 Å². The van der Waals surface area contributed by atoms with Crippen molar-refractivity contribution >= 4 is 20.7 Å². The van der Waals surface area contributed by atoms with Crippen LogP contribution >= 0.6 is 0 Å². The van der Waals surface area contributed by atoms with Crippen LogP contribution in [0, 0.1) is 13.8 Å². The van der Waals surface area contributed by atoms with Crippen molar-refractivity contribution in [1.82, 2.24) is 4.98 Å². The van der Waals surface area contributed by atoms with Crippen molar-refractivity contribution in [1.29, 1.82) is 0 Å². The maximum absolute atomic E-state index is 12.8. The third-order valence-corrected chi connectivity index (χ3v) is 5.41. The molecule has 0 aliphatic carbocycles. The minimum atomic E-state index is -3.50. The minimum absolute atomic E-state index is 0.333. The first-order valence-corrected chi connectivity index (χ1v) is 7.87. The number of aryl methyl sites for hydroxylation is 2. The van der Waals surface area contributed by atoms with E-state index in [4.69, 9.17) is 0 Å². The van der Waals surface area contributed by atoms with Gasteiger partial charge >= 0.3 is 0 Å². The highest BCUT2D eigenvalue weighted by molar-refractivity contribution is 7.91. The van der Waals surface area contributed by atoms with Crippen molar-refractivity contribution in [2.75, 3.05) is 0 Å². The zero-order valence-corrected chi connectivity index (χ0v) is 12.2. The average Bonchev–Trinajstić information content (AvgIpc) is 2.82. The summed E-state index contributed by atoms with van der Waals surface area (Å²) in [6.07, 6.45) is 1.57. The molecule has 0 aliphatic rings. The Morgan fingerprint density at radius 1 is 0.950 bits per heavy atom. The summed E-state index contributed by atoms with van der Waals surface area (Å²) >= 11 is 0. The summed E-state index contributed by atoms with van der Waals surface area (Å²) in [5, 5.41) is 0.729. The van der Waals surface area contributed by atoms with Crippen LogP contribution in [-0.2, 0) is 9.84 Å². The van der Waals surface area contributed by atoms with E-state index in [0.717, 1.165) is 22.0 Å². The van der Waals surface area contributed by atoms with Gasteiger partial charge in [0, 0.05) is 17.1 Å². The summed E-state index contributed by atoms with van der Waals surface area (Å²) in [5.74, 6) is 0. The summed E-state index contributed by atoms with van der Waals surface area (Å²) in [6.45, 7) is 3.78. The normalized spacial score (nSPS) is 11.9. The zero-order valence-electron chi connectivity index (χ0n) is 11.3. The largest absolute Gasteiger partial charge is 0.360 e. The number of sulfone groups is 1. The fourth-order valence-electron chi connectivity index (χ4n) is 2.49. The van der Waals surface area contributed by atoms with E-state index in [-0.39, 0.29) is 0 Å². The second-order valence-electron chi connectivity index (χ2n) is 4.97. The van der Waals surface area contributed by atoms with E-state index in [1.807, 2.05) is 50.2 Å². The van der Waals surface area contributed by atoms with Crippen LogP contribution in [0.5, 0.6) is 0 Å². The van der Waals surface area contributed by atoms with Crippen molar-refractivity contribution in [3.05, 3.63) is 59.8 Å². The van der Waals surface area contributed by atoms with E-state index in [1.165, 1.54) is 0 Å². The quantitative estimate of drug-likeness (QED) is 0.782. The topological polar surface area (TPSA) is 49.9 Å². The molecule has 4 heteroatoms. The van der Waals surface area contributed by atoms with Gasteiger partial charge in [0.2, 0.25) is 9.84 Å². The van der Waals surface area contributed by atoms with Gasteiger partial charge < -0.3 is 4.98 Å². The van der Waals surface area contributed by atoms with Gasteiger partial charge in [-0.05, 0) is 31.5 Å². The Hall–Kier alpha value is -2.07. The number of aromatic amines is 1. The summed E-state index contributed by atoms with van der Waals surface area (Å²) < 4.78 is 25.6. The van der Waals surface area contributed by atoms with Crippen LogP contribution in [0.2, 0.25) is 0 Å². The Balaban J connectivity index is 2.26. The molecule has 0 bridgehead atoms. The fourth-order valence-corrected chi connectivity index (χ4v) is 4.14. The number of nitrogens with one attached hydrogen (secondary N) is 1. The third kappa shape index (κ3) is 1.93. The first kappa shape index (κ1) is 12.9. The molecule has 1 aromatic heterocycles. The van der Waals surface area contributed by atoms with Gasteiger partial charge in [0.25, 0.3) is 0 Å². The monoisotopic (exact) mass is 285 g/mol. The number of hydrogen-bond acceptors (Lipinski definition) is 2. The van der Waals surface area contributed by atoms with E-state index in [9.17, 15) is 8.42 Å². The van der Waals surface area contributed by atoms with Crippen molar-refractivity contribution < 1.29 is 8.42 Å². The Labute approximate surface area is 118 Å². The van der Waals surface area contributed by atoms with Gasteiger partial charge in [-0.1, -0.05) is 35.9 Å². The highest BCUT2D eigenvalue weighted by atomic mass is 32.2. The van der Waals surface area contributed by atoms with Gasteiger partial charge in [-0.3, -0.25) is 0 Å². The molecule has 0 saturated heterocycles. The predicted octanol–water partition coefficient (Wildman–Crippen LogP) is 3.62. The molecular weight excluding hydrogens is 270 g/mol. The van der Waals surface area contributed by atoms with E-state index in [0.29, 0.717) is 9.79 Å². The molecule has 102 valence electrons. The number of rotatable bonds is 2. The smallest absolute Gasteiger partial charge is 0.208 e. The highest BCUT2D eigenvalue weighted by Gasteiger charge is 2.23. The molecule has 1 heterocycles. The minimum Gasteiger partial charge on any atom is -0.360 e. The summed E-state index contributed by atoms with van der Waals surface area (Å²) in [7, 11) is -3.50. The lowest BCUT2D eigenvalue weighted by Gasteiger charge is -2.07. The maximum Gasteiger partial charge on any atom is 0.208 e. The SMILES string of the molecule is Cc1ccc(S(=O)(=O)c2c[nH]c3ccccc23)c(C)c1. The molecule has 0 fully saturated rings. The van der Waals surface area contributed by atoms with Gasteiger partial charge in [0.05, 0.1) is 9.79 Å². The van der Waals surface area contributed by atoms with Gasteiger partial charge in [-0.25, -0.2) is 8.42 Å². The molecule has 0 spiro atoms. The van der Waals surface area contributed by atoms with E-state index in [2.05, 4.69) is 4.98 Å². The molecule has 3 aromatic rings. The molecular formula is C16H15NO2S. The molecule has 0 aliphatic heterocycles. The van der Waals surface area contributed by atoms with Gasteiger partial charge in [-0.2, -0.15) is 0 Å². The van der Waals surface area contributed by atoms with Crippen LogP contribution < -0.4 is 0 Å². The standard InChI is InChI=1S/C16H15NO2S/c1-11-7-8-15(12(2)9-11)20(18,19)16-10-17-14-6-4-3-5-13(14)16/h3-10,17H,1-2H3. The predicted molar refractivity (Wildman–Crippen MR) is 79.7 cm³/mol. The fraction of sp³-hybridized carbons (Fsp3) is 0.125. The van der Waals surface area contributed by atoms with Crippen LogP contribution in [0.25, 0.3) is 10.9 Å². The molecule has 3 rings (SSSR count).